The Labute approximate surface area is 229 Å². The fourth-order valence-electron chi connectivity index (χ4n) is 4.39. The van der Waals surface area contributed by atoms with Gasteiger partial charge < -0.3 is 14.8 Å². The molecule has 2 aliphatic rings. The van der Waals surface area contributed by atoms with E-state index in [9.17, 15) is 14.9 Å². The summed E-state index contributed by atoms with van der Waals surface area (Å²) in [6, 6.07) is 17.6. The molecule has 5 rings (SSSR count). The highest BCUT2D eigenvalue weighted by molar-refractivity contribution is 8.26. The number of nitrogens with one attached hydrogen (secondary N) is 1. The van der Waals surface area contributed by atoms with Gasteiger partial charge in [-0.3, -0.25) is 19.1 Å². The minimum atomic E-state index is -0.411. The number of rotatable bonds is 7. The first-order valence-corrected chi connectivity index (χ1v) is 13.1. The van der Waals surface area contributed by atoms with Crippen molar-refractivity contribution in [2.75, 3.05) is 18.7 Å². The molecule has 0 bridgehead atoms. The molecule has 0 atom stereocenters. The number of hydrogen-bond acceptors (Lipinski definition) is 8. The number of ether oxygens (including phenoxy) is 2. The van der Waals surface area contributed by atoms with Gasteiger partial charge in [-0.1, -0.05) is 60.4 Å². The molecule has 1 amide bonds. The third-order valence-electron chi connectivity index (χ3n) is 6.51. The van der Waals surface area contributed by atoms with Crippen LogP contribution in [-0.2, 0) is 24.8 Å². The highest BCUT2D eigenvalue weighted by atomic mass is 32.2. The number of thioether (sulfide) groups is 1. The number of hydrogen-bond donors (Lipinski definition) is 1. The van der Waals surface area contributed by atoms with Crippen molar-refractivity contribution in [3.05, 3.63) is 91.6 Å². The smallest absolute Gasteiger partial charge is 0.270 e. The summed E-state index contributed by atoms with van der Waals surface area (Å²) in [5.41, 5.74) is 2.75. The van der Waals surface area contributed by atoms with Crippen LogP contribution in [0, 0.1) is 18.3 Å². The predicted molar refractivity (Wildman–Crippen MR) is 151 cm³/mol. The van der Waals surface area contributed by atoms with Crippen molar-refractivity contribution in [1.29, 1.82) is 5.26 Å². The van der Waals surface area contributed by atoms with Gasteiger partial charge >= 0.3 is 0 Å². The molecule has 0 spiro atoms. The molecular weight excluding hydrogens is 520 g/mol. The van der Waals surface area contributed by atoms with Crippen LogP contribution < -0.4 is 20.3 Å². The second-order valence-corrected chi connectivity index (χ2v) is 10.5. The van der Waals surface area contributed by atoms with Crippen LogP contribution in [0.4, 0.5) is 5.82 Å². The summed E-state index contributed by atoms with van der Waals surface area (Å²) in [5.74, 6) is 1.65. The van der Waals surface area contributed by atoms with Gasteiger partial charge in [0.15, 0.2) is 11.5 Å². The zero-order valence-corrected chi connectivity index (χ0v) is 22.4. The Bertz CT molecular complexity index is 1570. The van der Waals surface area contributed by atoms with E-state index in [0.717, 1.165) is 11.1 Å². The van der Waals surface area contributed by atoms with Crippen molar-refractivity contribution in [1.82, 2.24) is 9.47 Å². The Morgan fingerprint density at radius 2 is 1.89 bits per heavy atom. The Balaban J connectivity index is 1.45. The van der Waals surface area contributed by atoms with E-state index in [-0.39, 0.29) is 18.3 Å². The number of nitrogens with zero attached hydrogens (tertiary/aromatic N) is 3. The van der Waals surface area contributed by atoms with Crippen molar-refractivity contribution >= 4 is 46.1 Å². The number of fused-ring (bicyclic) bond motifs is 1. The number of thiocarbonyl (C=S) groups is 1. The quantitative estimate of drug-likeness (QED) is 0.347. The van der Waals surface area contributed by atoms with Gasteiger partial charge in [-0.25, -0.2) is 0 Å². The summed E-state index contributed by atoms with van der Waals surface area (Å²) in [6.07, 6.45) is 2.40. The number of nitriles is 1. The first-order valence-electron chi connectivity index (χ1n) is 11.9. The van der Waals surface area contributed by atoms with E-state index < -0.39 is 5.56 Å². The van der Waals surface area contributed by atoms with Crippen LogP contribution in [0.25, 0.3) is 6.08 Å². The first kappa shape index (κ1) is 25.6. The second-order valence-electron chi connectivity index (χ2n) is 8.85. The molecule has 0 aliphatic carbocycles. The molecule has 2 aliphatic heterocycles. The highest BCUT2D eigenvalue weighted by Gasteiger charge is 2.32. The Morgan fingerprint density at radius 1 is 1.13 bits per heavy atom. The summed E-state index contributed by atoms with van der Waals surface area (Å²) < 4.78 is 12.7. The summed E-state index contributed by atoms with van der Waals surface area (Å²) in [6.45, 7) is 2.75. The van der Waals surface area contributed by atoms with Crippen molar-refractivity contribution in [3.63, 3.8) is 0 Å². The largest absolute Gasteiger partial charge is 0.454 e. The Hall–Kier alpha value is -4.07. The molecule has 0 unspecified atom stereocenters. The summed E-state index contributed by atoms with van der Waals surface area (Å²) in [4.78, 5) is 28.3. The lowest BCUT2D eigenvalue weighted by molar-refractivity contribution is -0.122. The molecular formula is C28H24N4O4S2. The summed E-state index contributed by atoms with van der Waals surface area (Å²) in [7, 11) is 1.60. The SMILES string of the molecule is Cc1c(/C=C2/SC(=S)N(CCc3ccccc3)C2=O)c(NCc2ccc3c(c2)OCO3)n(C)c(=O)c1C#N. The first-order chi connectivity index (χ1) is 18.4. The minimum Gasteiger partial charge on any atom is -0.454 e. The third kappa shape index (κ3) is 4.90. The molecule has 3 heterocycles. The number of carbonyl (C=O) groups excluding carboxylic acids is 1. The maximum absolute atomic E-state index is 13.3. The lowest BCUT2D eigenvalue weighted by atomic mass is 10.0. The monoisotopic (exact) mass is 544 g/mol. The lowest BCUT2D eigenvalue weighted by Crippen LogP contribution is -2.30. The molecule has 2 aromatic carbocycles. The fourth-order valence-corrected chi connectivity index (χ4v) is 5.68. The van der Waals surface area contributed by atoms with Crippen LogP contribution in [0.2, 0.25) is 0 Å². The maximum atomic E-state index is 13.3. The van der Waals surface area contributed by atoms with Crippen LogP contribution in [-0.4, -0.2) is 33.0 Å². The molecule has 10 heteroatoms. The van der Waals surface area contributed by atoms with Crippen molar-refractivity contribution in [3.8, 4) is 17.6 Å². The summed E-state index contributed by atoms with van der Waals surface area (Å²) >= 11 is 6.74. The molecule has 8 nitrogen and oxygen atoms in total. The normalized spacial score (nSPS) is 15.3. The third-order valence-corrected chi connectivity index (χ3v) is 7.89. The van der Waals surface area contributed by atoms with Gasteiger partial charge in [0.05, 0.1) is 4.91 Å². The topological polar surface area (TPSA) is 96.6 Å². The van der Waals surface area contributed by atoms with Crippen molar-refractivity contribution in [2.45, 2.75) is 19.9 Å². The van der Waals surface area contributed by atoms with Gasteiger partial charge in [-0.05, 0) is 48.2 Å². The number of anilines is 1. The van der Waals surface area contributed by atoms with E-state index in [1.807, 2.05) is 54.6 Å². The molecule has 192 valence electrons. The lowest BCUT2D eigenvalue weighted by Gasteiger charge is -2.18. The van der Waals surface area contributed by atoms with Crippen molar-refractivity contribution < 1.29 is 14.3 Å². The van der Waals surface area contributed by atoms with Crippen LogP contribution >= 0.6 is 24.0 Å². The molecule has 3 aromatic rings. The summed E-state index contributed by atoms with van der Waals surface area (Å²) in [5, 5.41) is 13.0. The molecule has 1 saturated heterocycles. The predicted octanol–water partition coefficient (Wildman–Crippen LogP) is 4.35. The van der Waals surface area contributed by atoms with Gasteiger partial charge in [-0.15, -0.1) is 0 Å². The van der Waals surface area contributed by atoms with Gasteiger partial charge in [0.25, 0.3) is 11.5 Å². The standard InChI is InChI=1S/C28H24N4O4S2/c1-17-20(13-24-27(34)32(28(37)38-24)11-10-18-6-4-3-5-7-18)25(31(2)26(33)21(17)14-29)30-15-19-8-9-22-23(12-19)36-16-35-22/h3-9,12-13,30H,10-11,15-16H2,1-2H3/b24-13+. The molecule has 1 fully saturated rings. The number of pyridine rings is 1. The number of amides is 1. The van der Waals surface area contributed by atoms with E-state index in [0.29, 0.717) is 57.2 Å². The van der Waals surface area contributed by atoms with Gasteiger partial charge in [0.1, 0.15) is 21.8 Å². The van der Waals surface area contributed by atoms with Gasteiger partial charge in [0.2, 0.25) is 6.79 Å². The van der Waals surface area contributed by atoms with E-state index >= 15 is 0 Å². The average Bonchev–Trinajstić information content (AvgIpc) is 3.50. The molecule has 1 aromatic heterocycles. The van der Waals surface area contributed by atoms with Gasteiger partial charge in [0, 0.05) is 25.7 Å². The van der Waals surface area contributed by atoms with E-state index in [2.05, 4.69) is 5.32 Å². The number of aromatic nitrogens is 1. The molecule has 0 radical (unpaired) electrons. The van der Waals surface area contributed by atoms with E-state index in [1.54, 1.807) is 24.9 Å². The number of benzene rings is 2. The fraction of sp³-hybridized carbons (Fsp3) is 0.214. The van der Waals surface area contributed by atoms with Crippen molar-refractivity contribution in [2.24, 2.45) is 7.05 Å². The van der Waals surface area contributed by atoms with Crippen LogP contribution in [0.15, 0.2) is 58.2 Å². The zero-order valence-electron chi connectivity index (χ0n) is 20.8. The Kier molecular flexibility index (Phi) is 7.22. The maximum Gasteiger partial charge on any atom is 0.270 e. The van der Waals surface area contributed by atoms with Crippen LogP contribution in [0.1, 0.15) is 27.8 Å². The molecule has 0 saturated carbocycles. The van der Waals surface area contributed by atoms with Crippen LogP contribution in [0.3, 0.4) is 0 Å². The second kappa shape index (κ2) is 10.7. The average molecular weight is 545 g/mol. The van der Waals surface area contributed by atoms with Gasteiger partial charge in [-0.2, -0.15) is 5.26 Å². The molecule has 38 heavy (non-hydrogen) atoms. The Morgan fingerprint density at radius 3 is 2.66 bits per heavy atom. The highest BCUT2D eigenvalue weighted by Crippen LogP contribution is 2.36. The van der Waals surface area contributed by atoms with E-state index in [1.165, 1.54) is 16.3 Å². The van der Waals surface area contributed by atoms with E-state index in [4.69, 9.17) is 21.7 Å². The number of carbonyl (C=O) groups is 1. The molecule has 1 N–H and O–H groups in total. The zero-order chi connectivity index (χ0) is 26.8. The minimum absolute atomic E-state index is 0.0342. The van der Waals surface area contributed by atoms with Crippen LogP contribution in [0.5, 0.6) is 11.5 Å².